The molecule has 30 heavy (non-hydrogen) atoms. The highest BCUT2D eigenvalue weighted by Gasteiger charge is 2.26. The molecule has 0 aliphatic heterocycles. The third kappa shape index (κ3) is 5.59. The molecule has 1 aliphatic carbocycles. The Hall–Kier alpha value is -2.41. The largest absolute Gasteiger partial charge is 0.348 e. The summed E-state index contributed by atoms with van der Waals surface area (Å²) in [5.41, 5.74) is 10.0. The van der Waals surface area contributed by atoms with Crippen molar-refractivity contribution in [1.82, 2.24) is 14.9 Å². The highest BCUT2D eigenvalue weighted by molar-refractivity contribution is 5.85. The van der Waals surface area contributed by atoms with Gasteiger partial charge in [-0.3, -0.25) is 4.79 Å². The van der Waals surface area contributed by atoms with Crippen molar-refractivity contribution in [1.29, 1.82) is 0 Å². The summed E-state index contributed by atoms with van der Waals surface area (Å²) in [6.45, 7) is 0.727. The second-order valence-corrected chi connectivity index (χ2v) is 7.28. The number of halogens is 3. The maximum absolute atomic E-state index is 13.3. The van der Waals surface area contributed by atoms with Crippen LogP contribution >= 0.6 is 24.8 Å². The van der Waals surface area contributed by atoms with E-state index in [0.29, 0.717) is 6.42 Å². The molecule has 1 aromatic heterocycles. The van der Waals surface area contributed by atoms with E-state index in [1.165, 1.54) is 11.6 Å². The molecular formula is C22H25Cl2FN4O. The number of nitrogens with one attached hydrogen (secondary N) is 1. The van der Waals surface area contributed by atoms with Crippen molar-refractivity contribution in [3.05, 3.63) is 89.3 Å². The average molecular weight is 451 g/mol. The van der Waals surface area contributed by atoms with Crippen LogP contribution in [0.5, 0.6) is 0 Å². The van der Waals surface area contributed by atoms with Crippen LogP contribution < -0.4 is 11.1 Å². The number of nitrogens with two attached hydrogens (primary N) is 1. The summed E-state index contributed by atoms with van der Waals surface area (Å²) in [6.07, 6.45) is 5.58. The van der Waals surface area contributed by atoms with E-state index < -0.39 is 6.04 Å². The number of fused-ring (bicyclic) bond motifs is 1. The number of amides is 1. The lowest BCUT2D eigenvalue weighted by Gasteiger charge is -2.17. The highest BCUT2D eigenvalue weighted by Crippen LogP contribution is 2.31. The molecule has 3 N–H and O–H groups in total. The Balaban J connectivity index is 0.00000160. The summed E-state index contributed by atoms with van der Waals surface area (Å²) < 4.78 is 15.3. The van der Waals surface area contributed by atoms with Crippen molar-refractivity contribution in [2.24, 2.45) is 5.73 Å². The van der Waals surface area contributed by atoms with Gasteiger partial charge in [0.15, 0.2) is 0 Å². The first-order valence-corrected chi connectivity index (χ1v) is 9.47. The minimum absolute atomic E-state index is 0. The van der Waals surface area contributed by atoms with Crippen LogP contribution in [-0.4, -0.2) is 21.5 Å². The number of rotatable bonds is 6. The van der Waals surface area contributed by atoms with E-state index in [0.717, 1.165) is 36.2 Å². The quantitative estimate of drug-likeness (QED) is 0.602. The van der Waals surface area contributed by atoms with E-state index in [-0.39, 0.29) is 42.6 Å². The molecule has 0 spiro atoms. The fourth-order valence-corrected chi connectivity index (χ4v) is 3.73. The number of carbonyl (C=O) groups is 1. The topological polar surface area (TPSA) is 72.9 Å². The van der Waals surface area contributed by atoms with Crippen LogP contribution in [0.2, 0.25) is 0 Å². The van der Waals surface area contributed by atoms with Crippen LogP contribution in [0, 0.1) is 5.82 Å². The molecule has 0 fully saturated rings. The Bertz CT molecular complexity index is 980. The molecule has 1 unspecified atom stereocenters. The van der Waals surface area contributed by atoms with Crippen LogP contribution in [0.25, 0.3) is 0 Å². The van der Waals surface area contributed by atoms with Crippen LogP contribution in [0.3, 0.4) is 0 Å². The monoisotopic (exact) mass is 450 g/mol. The van der Waals surface area contributed by atoms with Gasteiger partial charge in [0.25, 0.3) is 0 Å². The Kier molecular flexibility index (Phi) is 8.41. The first-order chi connectivity index (χ1) is 13.6. The molecule has 8 heteroatoms. The molecule has 0 bridgehead atoms. The van der Waals surface area contributed by atoms with Gasteiger partial charge < -0.3 is 15.6 Å². The Morgan fingerprint density at radius 2 is 2.00 bits per heavy atom. The molecule has 160 valence electrons. The number of hydrogen-bond acceptors (Lipinski definition) is 3. The number of aryl methyl sites for hydroxylation is 1. The molecule has 0 saturated heterocycles. The smallest absolute Gasteiger partial charge is 0.237 e. The van der Waals surface area contributed by atoms with Gasteiger partial charge in [0, 0.05) is 19.2 Å². The molecule has 4 rings (SSSR count). The normalized spacial score (nSPS) is 15.5. The maximum atomic E-state index is 13.3. The van der Waals surface area contributed by atoms with E-state index in [1.807, 2.05) is 29.0 Å². The summed E-state index contributed by atoms with van der Waals surface area (Å²) in [5, 5.41) is 3.00. The molecule has 5 nitrogen and oxygen atoms in total. The lowest BCUT2D eigenvalue weighted by molar-refractivity contribution is -0.123. The summed E-state index contributed by atoms with van der Waals surface area (Å²) >= 11 is 0. The molecule has 0 radical (unpaired) electrons. The number of aromatic nitrogens is 2. The van der Waals surface area contributed by atoms with Crippen molar-refractivity contribution in [3.63, 3.8) is 0 Å². The van der Waals surface area contributed by atoms with E-state index in [1.54, 1.807) is 18.5 Å². The zero-order valence-corrected chi connectivity index (χ0v) is 18.0. The minimum Gasteiger partial charge on any atom is -0.348 e. The van der Waals surface area contributed by atoms with Gasteiger partial charge in [0.2, 0.25) is 5.91 Å². The highest BCUT2D eigenvalue weighted by atomic mass is 35.5. The Labute approximate surface area is 187 Å². The van der Waals surface area contributed by atoms with Crippen molar-refractivity contribution < 1.29 is 9.18 Å². The van der Waals surface area contributed by atoms with Crippen LogP contribution in [-0.2, 0) is 24.2 Å². The number of imidazole rings is 1. The van der Waals surface area contributed by atoms with Crippen LogP contribution in [0.4, 0.5) is 4.39 Å². The lowest BCUT2D eigenvalue weighted by Crippen LogP contribution is -2.43. The summed E-state index contributed by atoms with van der Waals surface area (Å²) in [5.74, 6) is -0.451. The summed E-state index contributed by atoms with van der Waals surface area (Å²) in [7, 11) is 0. The predicted octanol–water partition coefficient (Wildman–Crippen LogP) is 3.59. The van der Waals surface area contributed by atoms with Crippen LogP contribution in [0.1, 0.15) is 34.8 Å². The molecule has 3 aromatic rings. The first-order valence-electron chi connectivity index (χ1n) is 9.47. The molecule has 1 heterocycles. The zero-order valence-electron chi connectivity index (χ0n) is 16.3. The summed E-state index contributed by atoms with van der Waals surface area (Å²) in [6, 6.07) is 14.1. The molecule has 1 amide bonds. The first kappa shape index (κ1) is 23.9. The standard InChI is InChI=1S/C22H23FN4O.2ClH/c23-17-7-8-19-16(10-17)6-9-21(19)26-22(28)20(24)11-18-13-27(14-25-18)12-15-4-2-1-3-5-15;;/h1-5,7-8,10,13-14,20-21H,6,9,11-12,24H2,(H,26,28);2*1H/t20-,21?;;/m0../s1. The second-order valence-electron chi connectivity index (χ2n) is 7.28. The van der Waals surface area contributed by atoms with Crippen molar-refractivity contribution in [3.8, 4) is 0 Å². The zero-order chi connectivity index (χ0) is 19.5. The Morgan fingerprint density at radius 3 is 2.77 bits per heavy atom. The van der Waals surface area contributed by atoms with Gasteiger partial charge in [-0.05, 0) is 41.7 Å². The van der Waals surface area contributed by atoms with E-state index in [4.69, 9.17) is 5.73 Å². The van der Waals surface area contributed by atoms with Crippen molar-refractivity contribution in [2.45, 2.75) is 37.9 Å². The molecule has 2 aromatic carbocycles. The van der Waals surface area contributed by atoms with Gasteiger partial charge in [-0.2, -0.15) is 0 Å². The third-order valence-corrected chi connectivity index (χ3v) is 5.16. The van der Waals surface area contributed by atoms with E-state index in [2.05, 4.69) is 22.4 Å². The number of benzene rings is 2. The number of nitrogens with zero attached hydrogens (tertiary/aromatic N) is 2. The molecular weight excluding hydrogens is 426 g/mol. The summed E-state index contributed by atoms with van der Waals surface area (Å²) in [4.78, 5) is 16.9. The second kappa shape index (κ2) is 10.6. The van der Waals surface area contributed by atoms with Crippen molar-refractivity contribution >= 4 is 30.7 Å². The van der Waals surface area contributed by atoms with E-state index in [9.17, 15) is 9.18 Å². The fourth-order valence-electron chi connectivity index (χ4n) is 3.73. The lowest BCUT2D eigenvalue weighted by atomic mass is 10.1. The SMILES string of the molecule is Cl.Cl.N[C@@H](Cc1cn(Cc2ccccc2)cn1)C(=O)NC1CCc2cc(F)ccc21. The van der Waals surface area contributed by atoms with Gasteiger partial charge in [-0.15, -0.1) is 24.8 Å². The molecule has 0 saturated carbocycles. The fraction of sp³-hybridized carbons (Fsp3) is 0.273. The maximum Gasteiger partial charge on any atom is 0.237 e. The minimum atomic E-state index is -0.676. The van der Waals surface area contributed by atoms with E-state index >= 15 is 0 Å². The molecule has 2 atom stereocenters. The number of hydrogen-bond donors (Lipinski definition) is 2. The van der Waals surface area contributed by atoms with Gasteiger partial charge in [0.1, 0.15) is 5.82 Å². The predicted molar refractivity (Wildman–Crippen MR) is 120 cm³/mol. The van der Waals surface area contributed by atoms with Gasteiger partial charge in [-0.25, -0.2) is 9.37 Å². The number of carbonyl (C=O) groups excluding carboxylic acids is 1. The van der Waals surface area contributed by atoms with Gasteiger partial charge >= 0.3 is 0 Å². The van der Waals surface area contributed by atoms with Crippen LogP contribution in [0.15, 0.2) is 61.1 Å². The van der Waals surface area contributed by atoms with Crippen molar-refractivity contribution in [2.75, 3.05) is 0 Å². The Morgan fingerprint density at radius 1 is 1.23 bits per heavy atom. The van der Waals surface area contributed by atoms with Gasteiger partial charge in [-0.1, -0.05) is 36.4 Å². The third-order valence-electron chi connectivity index (χ3n) is 5.16. The molecule has 1 aliphatic rings. The average Bonchev–Trinajstić information content (AvgIpc) is 3.29. The van der Waals surface area contributed by atoms with Gasteiger partial charge in [0.05, 0.1) is 24.1 Å².